The number of benzene rings is 9. The van der Waals surface area contributed by atoms with E-state index in [2.05, 4.69) is 164 Å². The number of fused-ring (bicyclic) bond motifs is 8. The number of hydrogen-bond acceptors (Lipinski definition) is 1. The van der Waals surface area contributed by atoms with Gasteiger partial charge in [-0.15, -0.1) is 0 Å². The lowest BCUT2D eigenvalue weighted by Gasteiger charge is -2.19. The minimum Gasteiger partial charge on any atom is -0.455 e. The standard InChI is InChI=1S/C46H28O/c1-3-14-33-29(11-1)13-9-19-34(33)31-23-25-32(26-24-31)43-37-17-5-6-18-38(37)44(40-28-27-30-12-2-4-15-35(30)45(40)43)41-21-10-20-39-36-16-7-8-22-42(36)47-46(39)41/h1-28H. The van der Waals surface area contributed by atoms with Crippen molar-refractivity contribution >= 4 is 65.0 Å². The van der Waals surface area contributed by atoms with Gasteiger partial charge in [0.25, 0.3) is 0 Å². The van der Waals surface area contributed by atoms with Crippen molar-refractivity contribution in [3.05, 3.63) is 170 Å². The van der Waals surface area contributed by atoms with E-state index in [9.17, 15) is 0 Å². The first-order chi connectivity index (χ1) is 23.3. The predicted octanol–water partition coefficient (Wildman–Crippen LogP) is 13.2. The molecule has 0 saturated heterocycles. The summed E-state index contributed by atoms with van der Waals surface area (Å²) in [5, 5.41) is 12.2. The third kappa shape index (κ3) is 3.90. The summed E-state index contributed by atoms with van der Waals surface area (Å²) in [6, 6.07) is 61.5. The molecule has 10 aromatic rings. The minimum atomic E-state index is 0.914. The van der Waals surface area contributed by atoms with E-state index in [1.807, 2.05) is 6.07 Å². The Bertz CT molecular complexity index is 2830. The zero-order valence-corrected chi connectivity index (χ0v) is 25.6. The summed E-state index contributed by atoms with van der Waals surface area (Å²) in [5.74, 6) is 0. The van der Waals surface area contributed by atoms with Crippen molar-refractivity contribution in [1.29, 1.82) is 0 Å². The van der Waals surface area contributed by atoms with E-state index in [0.29, 0.717) is 0 Å². The van der Waals surface area contributed by atoms with Crippen molar-refractivity contribution < 1.29 is 4.42 Å². The molecule has 1 heterocycles. The molecule has 1 heteroatoms. The largest absolute Gasteiger partial charge is 0.455 e. The Morgan fingerprint density at radius 1 is 0.298 bits per heavy atom. The van der Waals surface area contributed by atoms with Gasteiger partial charge >= 0.3 is 0 Å². The lowest BCUT2D eigenvalue weighted by molar-refractivity contribution is 0.670. The fraction of sp³-hybridized carbons (Fsp3) is 0. The molecule has 218 valence electrons. The number of hydrogen-bond donors (Lipinski definition) is 0. The van der Waals surface area contributed by atoms with Crippen LogP contribution in [0.3, 0.4) is 0 Å². The van der Waals surface area contributed by atoms with Crippen LogP contribution in [0, 0.1) is 0 Å². The van der Waals surface area contributed by atoms with Crippen LogP contribution in [0.25, 0.3) is 98.4 Å². The molecule has 1 nitrogen and oxygen atoms in total. The summed E-state index contributed by atoms with van der Waals surface area (Å²) in [5.41, 5.74) is 9.12. The molecule has 47 heavy (non-hydrogen) atoms. The summed E-state index contributed by atoms with van der Waals surface area (Å²) in [7, 11) is 0. The van der Waals surface area contributed by atoms with Gasteiger partial charge in [-0.3, -0.25) is 0 Å². The van der Waals surface area contributed by atoms with Gasteiger partial charge in [-0.2, -0.15) is 0 Å². The van der Waals surface area contributed by atoms with Gasteiger partial charge in [0.05, 0.1) is 0 Å². The first kappa shape index (κ1) is 26.1. The molecule has 9 aromatic carbocycles. The zero-order valence-electron chi connectivity index (χ0n) is 25.6. The maximum atomic E-state index is 6.62. The van der Waals surface area contributed by atoms with Gasteiger partial charge in [0.15, 0.2) is 0 Å². The van der Waals surface area contributed by atoms with Gasteiger partial charge in [0.1, 0.15) is 11.2 Å². The van der Waals surface area contributed by atoms with E-state index < -0.39 is 0 Å². The minimum absolute atomic E-state index is 0.914. The van der Waals surface area contributed by atoms with E-state index in [0.717, 1.165) is 27.5 Å². The molecule has 0 fully saturated rings. The highest BCUT2D eigenvalue weighted by Gasteiger charge is 2.21. The zero-order chi connectivity index (χ0) is 30.9. The van der Waals surface area contributed by atoms with E-state index in [1.54, 1.807) is 0 Å². The van der Waals surface area contributed by atoms with Gasteiger partial charge in [0.2, 0.25) is 0 Å². The van der Waals surface area contributed by atoms with Crippen molar-refractivity contribution in [1.82, 2.24) is 0 Å². The van der Waals surface area contributed by atoms with E-state index in [1.165, 1.54) is 70.9 Å². The molecule has 0 amide bonds. The third-order valence-electron chi connectivity index (χ3n) is 9.86. The quantitative estimate of drug-likeness (QED) is 0.146. The van der Waals surface area contributed by atoms with Crippen molar-refractivity contribution in [2.45, 2.75) is 0 Å². The normalized spacial score (nSPS) is 11.8. The Balaban J connectivity index is 1.30. The van der Waals surface area contributed by atoms with Crippen LogP contribution < -0.4 is 0 Å². The highest BCUT2D eigenvalue weighted by Crippen LogP contribution is 2.48. The summed E-state index contributed by atoms with van der Waals surface area (Å²) < 4.78 is 6.62. The van der Waals surface area contributed by atoms with Crippen molar-refractivity contribution in [3.63, 3.8) is 0 Å². The fourth-order valence-corrected chi connectivity index (χ4v) is 7.78. The molecule has 0 radical (unpaired) electrons. The highest BCUT2D eigenvalue weighted by atomic mass is 16.3. The smallest absolute Gasteiger partial charge is 0.143 e. The van der Waals surface area contributed by atoms with Crippen LogP contribution in [0.5, 0.6) is 0 Å². The van der Waals surface area contributed by atoms with Gasteiger partial charge in [0, 0.05) is 21.9 Å². The average Bonchev–Trinajstić information content (AvgIpc) is 3.53. The van der Waals surface area contributed by atoms with Crippen molar-refractivity contribution in [2.75, 3.05) is 0 Å². The van der Waals surface area contributed by atoms with E-state index >= 15 is 0 Å². The maximum absolute atomic E-state index is 6.62. The van der Waals surface area contributed by atoms with Gasteiger partial charge < -0.3 is 4.42 Å². The van der Waals surface area contributed by atoms with Crippen LogP contribution in [-0.4, -0.2) is 0 Å². The monoisotopic (exact) mass is 596 g/mol. The molecule has 0 atom stereocenters. The fourth-order valence-electron chi connectivity index (χ4n) is 7.78. The Hall–Kier alpha value is -6.18. The van der Waals surface area contributed by atoms with Crippen LogP contribution in [0.2, 0.25) is 0 Å². The second-order valence-corrected chi connectivity index (χ2v) is 12.4. The van der Waals surface area contributed by atoms with Crippen molar-refractivity contribution in [3.8, 4) is 33.4 Å². The molecule has 0 spiro atoms. The third-order valence-corrected chi connectivity index (χ3v) is 9.86. The van der Waals surface area contributed by atoms with Crippen LogP contribution >= 0.6 is 0 Å². The first-order valence-corrected chi connectivity index (χ1v) is 16.2. The molecule has 0 N–H and O–H groups in total. The summed E-state index contributed by atoms with van der Waals surface area (Å²) in [6.45, 7) is 0. The second kappa shape index (κ2) is 10.2. The van der Waals surface area contributed by atoms with Crippen LogP contribution in [0.15, 0.2) is 174 Å². The predicted molar refractivity (Wildman–Crippen MR) is 200 cm³/mol. The van der Waals surface area contributed by atoms with Gasteiger partial charge in [-0.05, 0) is 71.4 Å². The second-order valence-electron chi connectivity index (χ2n) is 12.4. The molecule has 0 bridgehead atoms. The topological polar surface area (TPSA) is 13.1 Å². The maximum Gasteiger partial charge on any atom is 0.143 e. The number of para-hydroxylation sites is 2. The van der Waals surface area contributed by atoms with Crippen LogP contribution in [0.1, 0.15) is 0 Å². The molecule has 1 aromatic heterocycles. The molecule has 0 unspecified atom stereocenters. The molecule has 0 saturated carbocycles. The lowest BCUT2D eigenvalue weighted by atomic mass is 9.83. The Labute approximate surface area is 271 Å². The van der Waals surface area contributed by atoms with Crippen molar-refractivity contribution in [2.24, 2.45) is 0 Å². The molecular formula is C46H28O. The highest BCUT2D eigenvalue weighted by molar-refractivity contribution is 6.29. The Morgan fingerprint density at radius 3 is 1.66 bits per heavy atom. The molecule has 0 aliphatic heterocycles. The lowest BCUT2D eigenvalue weighted by Crippen LogP contribution is -1.92. The summed E-state index contributed by atoms with van der Waals surface area (Å²) in [4.78, 5) is 0. The van der Waals surface area contributed by atoms with E-state index in [4.69, 9.17) is 4.42 Å². The van der Waals surface area contributed by atoms with E-state index in [-0.39, 0.29) is 0 Å². The SMILES string of the molecule is c1ccc2c(-c3ccc(-c4c5ccccc5c(-c5cccc6c5oc5ccccc56)c5ccc6ccccc6c45)cc3)cccc2c1. The Morgan fingerprint density at radius 2 is 0.851 bits per heavy atom. The summed E-state index contributed by atoms with van der Waals surface area (Å²) >= 11 is 0. The molecule has 10 rings (SSSR count). The number of rotatable bonds is 3. The number of furan rings is 1. The molecule has 0 aliphatic rings. The van der Waals surface area contributed by atoms with Gasteiger partial charge in [-0.25, -0.2) is 0 Å². The van der Waals surface area contributed by atoms with Crippen LogP contribution in [-0.2, 0) is 0 Å². The average molecular weight is 597 g/mol. The molecular weight excluding hydrogens is 569 g/mol. The first-order valence-electron chi connectivity index (χ1n) is 16.2. The Kier molecular flexibility index (Phi) is 5.64. The van der Waals surface area contributed by atoms with Crippen LogP contribution in [0.4, 0.5) is 0 Å². The van der Waals surface area contributed by atoms with Gasteiger partial charge in [-0.1, -0.05) is 164 Å². The summed E-state index contributed by atoms with van der Waals surface area (Å²) in [6.07, 6.45) is 0. The molecule has 0 aliphatic carbocycles.